The first-order valence-electron chi connectivity index (χ1n) is 7.71. The average Bonchev–Trinajstić information content (AvgIpc) is 2.60. The third-order valence-electron chi connectivity index (χ3n) is 3.32. The number of rotatable bonds is 8. The van der Waals surface area contributed by atoms with Crippen LogP contribution in [0.1, 0.15) is 5.56 Å². The highest BCUT2D eigenvalue weighted by Crippen LogP contribution is 2.14. The molecule has 0 saturated carbocycles. The van der Waals surface area contributed by atoms with Crippen LogP contribution in [0.2, 0.25) is 0 Å². The van der Waals surface area contributed by atoms with Crippen molar-refractivity contribution >= 4 is 6.03 Å². The van der Waals surface area contributed by atoms with Gasteiger partial charge in [0.25, 0.3) is 0 Å². The SMILES string of the molecule is COc1cccc(CCNC(=O)NCCOc2ccccc2F)c1. The number of hydrogen-bond acceptors (Lipinski definition) is 3. The van der Waals surface area contributed by atoms with Gasteiger partial charge in [0.2, 0.25) is 0 Å². The molecule has 0 aliphatic rings. The van der Waals surface area contributed by atoms with Crippen molar-refractivity contribution in [3.05, 3.63) is 59.9 Å². The van der Waals surface area contributed by atoms with Gasteiger partial charge in [-0.05, 0) is 36.2 Å². The van der Waals surface area contributed by atoms with E-state index >= 15 is 0 Å². The first kappa shape index (κ1) is 17.6. The molecule has 0 unspecified atom stereocenters. The lowest BCUT2D eigenvalue weighted by Gasteiger charge is -2.10. The molecule has 0 aromatic heterocycles. The lowest BCUT2D eigenvalue weighted by Crippen LogP contribution is -2.38. The van der Waals surface area contributed by atoms with Gasteiger partial charge in [-0.2, -0.15) is 0 Å². The zero-order chi connectivity index (χ0) is 17.2. The summed E-state index contributed by atoms with van der Waals surface area (Å²) in [6.07, 6.45) is 0.705. The van der Waals surface area contributed by atoms with E-state index in [1.807, 2.05) is 24.3 Å². The number of carbonyl (C=O) groups excluding carboxylic acids is 1. The third-order valence-corrected chi connectivity index (χ3v) is 3.32. The van der Waals surface area contributed by atoms with Crippen molar-refractivity contribution < 1.29 is 18.7 Å². The fourth-order valence-corrected chi connectivity index (χ4v) is 2.10. The largest absolute Gasteiger partial charge is 0.497 e. The summed E-state index contributed by atoms with van der Waals surface area (Å²) >= 11 is 0. The van der Waals surface area contributed by atoms with Gasteiger partial charge in [0.05, 0.1) is 13.7 Å². The Balaban J connectivity index is 1.60. The standard InChI is InChI=1S/C18H21FN2O3/c1-23-15-6-4-5-14(13-15)9-10-20-18(22)21-11-12-24-17-8-3-2-7-16(17)19/h2-8,13H,9-12H2,1H3,(H2,20,21,22). The van der Waals surface area contributed by atoms with Crippen molar-refractivity contribution in [1.29, 1.82) is 0 Å². The van der Waals surface area contributed by atoms with Gasteiger partial charge in [-0.15, -0.1) is 0 Å². The first-order valence-corrected chi connectivity index (χ1v) is 7.71. The van der Waals surface area contributed by atoms with Crippen LogP contribution in [0.4, 0.5) is 9.18 Å². The van der Waals surface area contributed by atoms with Crippen molar-refractivity contribution in [1.82, 2.24) is 10.6 Å². The van der Waals surface area contributed by atoms with E-state index < -0.39 is 5.82 Å². The third kappa shape index (κ3) is 5.79. The molecule has 2 rings (SSSR count). The molecule has 128 valence electrons. The van der Waals surface area contributed by atoms with Gasteiger partial charge in [0.15, 0.2) is 11.6 Å². The average molecular weight is 332 g/mol. The minimum atomic E-state index is -0.416. The van der Waals surface area contributed by atoms with E-state index in [0.29, 0.717) is 19.5 Å². The fourth-order valence-electron chi connectivity index (χ4n) is 2.10. The smallest absolute Gasteiger partial charge is 0.314 e. The summed E-state index contributed by atoms with van der Waals surface area (Å²) in [5.74, 6) is 0.556. The molecule has 0 heterocycles. The van der Waals surface area contributed by atoms with E-state index in [4.69, 9.17) is 9.47 Å². The number of halogens is 1. The maximum absolute atomic E-state index is 13.3. The Kier molecular flexibility index (Phi) is 6.89. The van der Waals surface area contributed by atoms with Gasteiger partial charge in [-0.25, -0.2) is 9.18 Å². The minimum Gasteiger partial charge on any atom is -0.497 e. The summed E-state index contributed by atoms with van der Waals surface area (Å²) in [6, 6.07) is 13.6. The number of amides is 2. The van der Waals surface area contributed by atoms with E-state index in [9.17, 15) is 9.18 Å². The number of para-hydroxylation sites is 1. The lowest BCUT2D eigenvalue weighted by molar-refractivity contribution is 0.236. The highest BCUT2D eigenvalue weighted by molar-refractivity contribution is 5.73. The maximum Gasteiger partial charge on any atom is 0.314 e. The van der Waals surface area contributed by atoms with Gasteiger partial charge < -0.3 is 20.1 Å². The van der Waals surface area contributed by atoms with Crippen molar-refractivity contribution in [3.63, 3.8) is 0 Å². The number of ether oxygens (including phenoxy) is 2. The fraction of sp³-hybridized carbons (Fsp3) is 0.278. The molecule has 0 saturated heterocycles. The Bertz CT molecular complexity index is 664. The van der Waals surface area contributed by atoms with Crippen LogP contribution in [0.3, 0.4) is 0 Å². The van der Waals surface area contributed by atoms with Crippen LogP contribution < -0.4 is 20.1 Å². The molecule has 0 bridgehead atoms. The zero-order valence-electron chi connectivity index (χ0n) is 13.5. The molecule has 6 heteroatoms. The summed E-state index contributed by atoms with van der Waals surface area (Å²) in [6.45, 7) is 0.997. The first-order chi connectivity index (χ1) is 11.7. The van der Waals surface area contributed by atoms with Crippen LogP contribution in [0.25, 0.3) is 0 Å². The molecule has 0 atom stereocenters. The summed E-state index contributed by atoms with van der Waals surface area (Å²) in [7, 11) is 1.62. The molecule has 2 amide bonds. The molecule has 2 aromatic carbocycles. The Labute approximate surface area is 140 Å². The van der Waals surface area contributed by atoms with Crippen LogP contribution in [-0.2, 0) is 6.42 Å². The van der Waals surface area contributed by atoms with Crippen LogP contribution >= 0.6 is 0 Å². The van der Waals surface area contributed by atoms with Crippen LogP contribution in [0.5, 0.6) is 11.5 Å². The topological polar surface area (TPSA) is 59.6 Å². The zero-order valence-corrected chi connectivity index (χ0v) is 13.5. The second-order valence-electron chi connectivity index (χ2n) is 5.06. The Morgan fingerprint density at radius 1 is 1.08 bits per heavy atom. The van der Waals surface area contributed by atoms with Gasteiger partial charge in [0.1, 0.15) is 12.4 Å². The van der Waals surface area contributed by atoms with Gasteiger partial charge in [-0.1, -0.05) is 24.3 Å². The van der Waals surface area contributed by atoms with Gasteiger partial charge >= 0.3 is 6.03 Å². The Morgan fingerprint density at radius 3 is 2.67 bits per heavy atom. The highest BCUT2D eigenvalue weighted by Gasteiger charge is 2.03. The normalized spacial score (nSPS) is 10.1. The van der Waals surface area contributed by atoms with Crippen molar-refractivity contribution in [2.75, 3.05) is 26.8 Å². The minimum absolute atomic E-state index is 0.178. The van der Waals surface area contributed by atoms with E-state index in [0.717, 1.165) is 11.3 Å². The number of carbonyl (C=O) groups is 1. The molecule has 0 aliphatic carbocycles. The van der Waals surface area contributed by atoms with Gasteiger partial charge in [-0.3, -0.25) is 0 Å². The summed E-state index contributed by atoms with van der Waals surface area (Å²) in [4.78, 5) is 11.7. The summed E-state index contributed by atoms with van der Waals surface area (Å²) in [5, 5.41) is 5.42. The number of hydrogen-bond donors (Lipinski definition) is 2. The summed E-state index contributed by atoms with van der Waals surface area (Å²) in [5.41, 5.74) is 1.08. The second-order valence-corrected chi connectivity index (χ2v) is 5.06. The summed E-state index contributed by atoms with van der Waals surface area (Å²) < 4.78 is 23.7. The number of benzene rings is 2. The number of urea groups is 1. The van der Waals surface area contributed by atoms with E-state index in [1.165, 1.54) is 6.07 Å². The lowest BCUT2D eigenvalue weighted by atomic mass is 10.1. The molecular formula is C18H21FN2O3. The molecule has 2 N–H and O–H groups in total. The molecule has 5 nitrogen and oxygen atoms in total. The molecule has 0 aliphatic heterocycles. The maximum atomic E-state index is 13.3. The van der Waals surface area contributed by atoms with E-state index in [-0.39, 0.29) is 18.4 Å². The molecule has 0 fully saturated rings. The molecule has 24 heavy (non-hydrogen) atoms. The van der Waals surface area contributed by atoms with E-state index in [1.54, 1.807) is 25.3 Å². The van der Waals surface area contributed by atoms with Crippen molar-refractivity contribution in [2.45, 2.75) is 6.42 Å². The van der Waals surface area contributed by atoms with Crippen LogP contribution in [-0.4, -0.2) is 32.8 Å². The van der Waals surface area contributed by atoms with Crippen molar-refractivity contribution in [2.24, 2.45) is 0 Å². The molecular weight excluding hydrogens is 311 g/mol. The monoisotopic (exact) mass is 332 g/mol. The number of methoxy groups -OCH3 is 1. The second kappa shape index (κ2) is 9.39. The highest BCUT2D eigenvalue weighted by atomic mass is 19.1. The van der Waals surface area contributed by atoms with Crippen LogP contribution in [0.15, 0.2) is 48.5 Å². The van der Waals surface area contributed by atoms with Crippen molar-refractivity contribution in [3.8, 4) is 11.5 Å². The Morgan fingerprint density at radius 2 is 1.88 bits per heavy atom. The predicted molar refractivity (Wildman–Crippen MR) is 90.0 cm³/mol. The Hall–Kier alpha value is -2.76. The molecule has 0 spiro atoms. The van der Waals surface area contributed by atoms with Gasteiger partial charge in [0, 0.05) is 6.54 Å². The van der Waals surface area contributed by atoms with Crippen LogP contribution in [0, 0.1) is 5.82 Å². The number of nitrogens with one attached hydrogen (secondary N) is 2. The predicted octanol–water partition coefficient (Wildman–Crippen LogP) is 2.76. The molecule has 0 radical (unpaired) electrons. The molecule has 2 aromatic rings. The van der Waals surface area contributed by atoms with E-state index in [2.05, 4.69) is 10.6 Å². The quantitative estimate of drug-likeness (QED) is 0.731.